The molecule has 3 aromatic rings. The number of hydrogen-bond acceptors (Lipinski definition) is 4. The molecule has 0 spiro atoms. The SMILES string of the molecule is CC(NC(=O)c1ccc(Cn2cccn2)cc1)c1ccc(S(N)(=O)=O)cc1. The Morgan fingerprint density at radius 3 is 2.37 bits per heavy atom. The first kappa shape index (κ1) is 18.8. The van der Waals surface area contributed by atoms with Crippen LogP contribution in [0.25, 0.3) is 0 Å². The third kappa shape index (κ3) is 4.81. The topological polar surface area (TPSA) is 107 Å². The molecule has 27 heavy (non-hydrogen) atoms. The van der Waals surface area contributed by atoms with Gasteiger partial charge in [-0.2, -0.15) is 5.10 Å². The van der Waals surface area contributed by atoms with E-state index in [2.05, 4.69) is 10.4 Å². The summed E-state index contributed by atoms with van der Waals surface area (Å²) in [6, 6.07) is 15.0. The number of sulfonamides is 1. The lowest BCUT2D eigenvalue weighted by molar-refractivity contribution is 0.0940. The molecular formula is C19H20N4O3S. The fourth-order valence-corrected chi connectivity index (χ4v) is 3.17. The molecule has 0 aliphatic rings. The highest BCUT2D eigenvalue weighted by molar-refractivity contribution is 7.89. The normalized spacial score (nSPS) is 12.5. The van der Waals surface area contributed by atoms with Crippen LogP contribution in [0.1, 0.15) is 34.5 Å². The van der Waals surface area contributed by atoms with Gasteiger partial charge in [0.15, 0.2) is 0 Å². The van der Waals surface area contributed by atoms with Crippen molar-refractivity contribution in [3.05, 3.63) is 83.7 Å². The smallest absolute Gasteiger partial charge is 0.251 e. The first-order chi connectivity index (χ1) is 12.8. The molecule has 0 fully saturated rings. The van der Waals surface area contributed by atoms with Gasteiger partial charge in [0.25, 0.3) is 5.91 Å². The average Bonchev–Trinajstić information content (AvgIpc) is 3.14. The molecule has 7 nitrogen and oxygen atoms in total. The Morgan fingerprint density at radius 1 is 1.15 bits per heavy atom. The van der Waals surface area contributed by atoms with Crippen molar-refractivity contribution in [3.63, 3.8) is 0 Å². The number of amides is 1. The number of hydrogen-bond donors (Lipinski definition) is 2. The zero-order chi connectivity index (χ0) is 19.4. The lowest BCUT2D eigenvalue weighted by atomic mass is 10.1. The zero-order valence-electron chi connectivity index (χ0n) is 14.7. The van der Waals surface area contributed by atoms with Gasteiger partial charge < -0.3 is 5.32 Å². The van der Waals surface area contributed by atoms with Gasteiger partial charge >= 0.3 is 0 Å². The molecule has 0 aliphatic heterocycles. The first-order valence-electron chi connectivity index (χ1n) is 8.33. The molecule has 0 aliphatic carbocycles. The highest BCUT2D eigenvalue weighted by Gasteiger charge is 2.13. The first-order valence-corrected chi connectivity index (χ1v) is 9.87. The quantitative estimate of drug-likeness (QED) is 0.678. The molecule has 140 valence electrons. The van der Waals surface area contributed by atoms with E-state index in [4.69, 9.17) is 5.14 Å². The molecule has 1 amide bonds. The van der Waals surface area contributed by atoms with Crippen molar-refractivity contribution in [2.75, 3.05) is 0 Å². The minimum Gasteiger partial charge on any atom is -0.346 e. The number of nitrogens with zero attached hydrogens (tertiary/aromatic N) is 2. The lowest BCUT2D eigenvalue weighted by Crippen LogP contribution is -2.26. The predicted molar refractivity (Wildman–Crippen MR) is 101 cm³/mol. The molecule has 3 N–H and O–H groups in total. The Hall–Kier alpha value is -2.97. The lowest BCUT2D eigenvalue weighted by Gasteiger charge is -2.15. The Kier molecular flexibility index (Phi) is 5.38. The van der Waals surface area contributed by atoms with E-state index in [9.17, 15) is 13.2 Å². The van der Waals surface area contributed by atoms with Crippen LogP contribution in [-0.4, -0.2) is 24.1 Å². The molecule has 2 aromatic carbocycles. The fraction of sp³-hybridized carbons (Fsp3) is 0.158. The molecule has 8 heteroatoms. The Balaban J connectivity index is 1.64. The second-order valence-corrected chi connectivity index (χ2v) is 7.77. The van der Waals surface area contributed by atoms with Gasteiger partial charge in [0.05, 0.1) is 17.5 Å². The monoisotopic (exact) mass is 384 g/mol. The highest BCUT2D eigenvalue weighted by Crippen LogP contribution is 2.16. The minimum atomic E-state index is -3.73. The summed E-state index contributed by atoms with van der Waals surface area (Å²) in [6.07, 6.45) is 3.60. The molecule has 1 atom stereocenters. The molecular weight excluding hydrogens is 364 g/mol. The van der Waals surface area contributed by atoms with E-state index in [1.54, 1.807) is 30.5 Å². The van der Waals surface area contributed by atoms with Gasteiger partial charge in [0.2, 0.25) is 10.0 Å². The van der Waals surface area contributed by atoms with E-state index in [0.29, 0.717) is 12.1 Å². The minimum absolute atomic E-state index is 0.0394. The molecule has 0 radical (unpaired) electrons. The maximum absolute atomic E-state index is 12.4. The maximum atomic E-state index is 12.4. The molecule has 0 bridgehead atoms. The number of nitrogens with one attached hydrogen (secondary N) is 1. The summed E-state index contributed by atoms with van der Waals surface area (Å²) >= 11 is 0. The van der Waals surface area contributed by atoms with Crippen LogP contribution in [0, 0.1) is 0 Å². The Labute approximate surface area is 157 Å². The molecule has 0 saturated carbocycles. The van der Waals surface area contributed by atoms with E-state index >= 15 is 0 Å². The summed E-state index contributed by atoms with van der Waals surface area (Å²) in [6.45, 7) is 2.47. The van der Waals surface area contributed by atoms with Gasteiger partial charge in [0, 0.05) is 18.0 Å². The predicted octanol–water partition coefficient (Wildman–Crippen LogP) is 2.07. The van der Waals surface area contributed by atoms with Crippen molar-refractivity contribution in [2.24, 2.45) is 5.14 Å². The highest BCUT2D eigenvalue weighted by atomic mass is 32.2. The van der Waals surface area contributed by atoms with Crippen LogP contribution in [0.4, 0.5) is 0 Å². The van der Waals surface area contributed by atoms with E-state index in [0.717, 1.165) is 11.1 Å². The fourth-order valence-electron chi connectivity index (χ4n) is 2.65. The number of rotatable bonds is 6. The van der Waals surface area contributed by atoms with Gasteiger partial charge in [-0.05, 0) is 48.4 Å². The maximum Gasteiger partial charge on any atom is 0.251 e. The van der Waals surface area contributed by atoms with Gasteiger partial charge in [-0.1, -0.05) is 24.3 Å². The third-order valence-electron chi connectivity index (χ3n) is 4.18. The Morgan fingerprint density at radius 2 is 1.81 bits per heavy atom. The third-order valence-corrected chi connectivity index (χ3v) is 5.11. The zero-order valence-corrected chi connectivity index (χ0v) is 15.6. The van der Waals surface area contributed by atoms with E-state index in [1.807, 2.05) is 36.0 Å². The van der Waals surface area contributed by atoms with Crippen LogP contribution >= 0.6 is 0 Å². The van der Waals surface area contributed by atoms with Crippen molar-refractivity contribution in [1.29, 1.82) is 0 Å². The van der Waals surface area contributed by atoms with Crippen molar-refractivity contribution in [1.82, 2.24) is 15.1 Å². The second kappa shape index (κ2) is 7.73. The van der Waals surface area contributed by atoms with Gasteiger partial charge in [-0.15, -0.1) is 0 Å². The number of carbonyl (C=O) groups is 1. The van der Waals surface area contributed by atoms with Gasteiger partial charge in [-0.3, -0.25) is 9.48 Å². The largest absolute Gasteiger partial charge is 0.346 e. The van der Waals surface area contributed by atoms with Crippen LogP contribution in [0.5, 0.6) is 0 Å². The number of carbonyl (C=O) groups excluding carboxylic acids is 1. The number of primary sulfonamides is 1. The van der Waals surface area contributed by atoms with Crippen LogP contribution < -0.4 is 10.5 Å². The van der Waals surface area contributed by atoms with Crippen LogP contribution in [0.3, 0.4) is 0 Å². The van der Waals surface area contributed by atoms with E-state index in [1.165, 1.54) is 12.1 Å². The van der Waals surface area contributed by atoms with E-state index in [-0.39, 0.29) is 16.8 Å². The molecule has 1 aromatic heterocycles. The summed E-state index contributed by atoms with van der Waals surface area (Å²) in [5.74, 6) is -0.205. The number of benzene rings is 2. The van der Waals surface area contributed by atoms with Crippen molar-refractivity contribution in [3.8, 4) is 0 Å². The molecule has 0 saturated heterocycles. The summed E-state index contributed by atoms with van der Waals surface area (Å²) in [5.41, 5.74) is 2.38. The molecule has 3 rings (SSSR count). The standard InChI is InChI=1S/C19H20N4O3S/c1-14(16-7-9-18(10-8-16)27(20,25)26)22-19(24)17-5-3-15(4-6-17)13-23-12-2-11-21-23/h2-12,14H,13H2,1H3,(H,22,24)(H2,20,25,26). The van der Waals surface area contributed by atoms with E-state index < -0.39 is 10.0 Å². The summed E-state index contributed by atoms with van der Waals surface area (Å²) in [5, 5.41) is 12.1. The summed E-state index contributed by atoms with van der Waals surface area (Å²) in [7, 11) is -3.73. The average molecular weight is 384 g/mol. The number of nitrogens with two attached hydrogens (primary N) is 1. The Bertz CT molecular complexity index is 1010. The van der Waals surface area contributed by atoms with Crippen molar-refractivity contribution < 1.29 is 13.2 Å². The van der Waals surface area contributed by atoms with Crippen LogP contribution in [0.15, 0.2) is 71.9 Å². The summed E-state index contributed by atoms with van der Waals surface area (Å²) in [4.78, 5) is 12.5. The van der Waals surface area contributed by atoms with Crippen molar-refractivity contribution >= 4 is 15.9 Å². The van der Waals surface area contributed by atoms with Crippen molar-refractivity contribution in [2.45, 2.75) is 24.4 Å². The molecule has 1 heterocycles. The van der Waals surface area contributed by atoms with Crippen LogP contribution in [0.2, 0.25) is 0 Å². The van der Waals surface area contributed by atoms with Gasteiger partial charge in [-0.25, -0.2) is 13.6 Å². The molecule has 1 unspecified atom stereocenters. The van der Waals surface area contributed by atoms with Gasteiger partial charge in [0.1, 0.15) is 0 Å². The van der Waals surface area contributed by atoms with Crippen LogP contribution in [-0.2, 0) is 16.6 Å². The number of aromatic nitrogens is 2. The summed E-state index contributed by atoms with van der Waals surface area (Å²) < 4.78 is 24.4. The second-order valence-electron chi connectivity index (χ2n) is 6.21.